The second-order valence-electron chi connectivity index (χ2n) is 2.11. The molecule has 0 atom stereocenters. The molecule has 0 saturated carbocycles. The summed E-state index contributed by atoms with van der Waals surface area (Å²) in [6.07, 6.45) is 0. The van der Waals surface area contributed by atoms with Crippen molar-refractivity contribution in [2.45, 2.75) is 0 Å². The number of thiophene rings is 1. The summed E-state index contributed by atoms with van der Waals surface area (Å²) in [5, 5.41) is 12.9. The van der Waals surface area contributed by atoms with Crippen LogP contribution in [0.3, 0.4) is 0 Å². The van der Waals surface area contributed by atoms with E-state index >= 15 is 0 Å². The molecule has 12 heavy (non-hydrogen) atoms. The topological polar surface area (TPSA) is 49.3 Å². The van der Waals surface area contributed by atoms with E-state index in [0.717, 1.165) is 4.47 Å². The number of aliphatic hydroxyl groups is 1. The van der Waals surface area contributed by atoms with Gasteiger partial charge in [0.05, 0.1) is 11.5 Å². The standard InChI is InChI=1S/C7H8BrNO2S/c8-5-3-6(12-4-5)7(11)9-1-2-10/h3-4,10H,1-2H2,(H,9,11). The monoisotopic (exact) mass is 249 g/mol. The van der Waals surface area contributed by atoms with Crippen LogP contribution in [0.1, 0.15) is 9.67 Å². The van der Waals surface area contributed by atoms with E-state index in [1.54, 1.807) is 6.07 Å². The van der Waals surface area contributed by atoms with E-state index in [4.69, 9.17) is 5.11 Å². The Hall–Kier alpha value is -0.390. The first-order chi connectivity index (χ1) is 5.74. The molecule has 1 amide bonds. The van der Waals surface area contributed by atoms with Crippen LogP contribution in [0.4, 0.5) is 0 Å². The fourth-order valence-corrected chi connectivity index (χ4v) is 2.03. The molecule has 2 N–H and O–H groups in total. The van der Waals surface area contributed by atoms with Gasteiger partial charge in [0.2, 0.25) is 0 Å². The van der Waals surface area contributed by atoms with Gasteiger partial charge < -0.3 is 10.4 Å². The van der Waals surface area contributed by atoms with Crippen LogP contribution < -0.4 is 5.32 Å². The zero-order valence-electron chi connectivity index (χ0n) is 6.21. The van der Waals surface area contributed by atoms with E-state index in [-0.39, 0.29) is 12.5 Å². The minimum Gasteiger partial charge on any atom is -0.395 e. The van der Waals surface area contributed by atoms with Crippen LogP contribution in [-0.4, -0.2) is 24.2 Å². The third-order valence-corrected chi connectivity index (χ3v) is 2.88. The lowest BCUT2D eigenvalue weighted by atomic mass is 10.4. The number of rotatable bonds is 3. The van der Waals surface area contributed by atoms with Crippen molar-refractivity contribution in [3.63, 3.8) is 0 Å². The fourth-order valence-electron chi connectivity index (χ4n) is 0.689. The summed E-state index contributed by atoms with van der Waals surface area (Å²) in [6.45, 7) is 0.270. The van der Waals surface area contributed by atoms with Crippen molar-refractivity contribution in [1.29, 1.82) is 0 Å². The van der Waals surface area contributed by atoms with E-state index in [2.05, 4.69) is 21.2 Å². The molecule has 0 spiro atoms. The number of hydrogen-bond donors (Lipinski definition) is 2. The van der Waals surface area contributed by atoms with E-state index < -0.39 is 0 Å². The largest absolute Gasteiger partial charge is 0.395 e. The number of carbonyl (C=O) groups excluding carboxylic acids is 1. The van der Waals surface area contributed by atoms with Crippen LogP contribution in [0.2, 0.25) is 0 Å². The maximum absolute atomic E-state index is 11.2. The number of halogens is 1. The highest BCUT2D eigenvalue weighted by Crippen LogP contribution is 2.19. The van der Waals surface area contributed by atoms with Crippen LogP contribution in [0.15, 0.2) is 15.9 Å². The quantitative estimate of drug-likeness (QED) is 0.847. The summed E-state index contributed by atoms with van der Waals surface area (Å²) in [5.41, 5.74) is 0. The van der Waals surface area contributed by atoms with Crippen molar-refractivity contribution < 1.29 is 9.90 Å². The molecule has 0 aromatic carbocycles. The average Bonchev–Trinajstić information content (AvgIpc) is 2.47. The normalized spacial score (nSPS) is 9.83. The molecule has 1 aromatic heterocycles. The highest BCUT2D eigenvalue weighted by atomic mass is 79.9. The van der Waals surface area contributed by atoms with Gasteiger partial charge in [0, 0.05) is 16.4 Å². The molecule has 1 rings (SSSR count). The second kappa shape index (κ2) is 4.59. The second-order valence-corrected chi connectivity index (χ2v) is 3.94. The van der Waals surface area contributed by atoms with E-state index in [9.17, 15) is 4.79 Å². The van der Waals surface area contributed by atoms with Gasteiger partial charge in [-0.3, -0.25) is 4.79 Å². The van der Waals surface area contributed by atoms with Gasteiger partial charge in [-0.25, -0.2) is 0 Å². The number of carbonyl (C=O) groups is 1. The predicted molar refractivity (Wildman–Crippen MR) is 51.4 cm³/mol. The van der Waals surface area contributed by atoms with Crippen molar-refractivity contribution >= 4 is 33.2 Å². The van der Waals surface area contributed by atoms with Gasteiger partial charge in [-0.05, 0) is 22.0 Å². The molecule has 0 aliphatic heterocycles. The molecule has 0 bridgehead atoms. The summed E-state index contributed by atoms with van der Waals surface area (Å²) in [5.74, 6) is -0.139. The van der Waals surface area contributed by atoms with Crippen molar-refractivity contribution in [2.75, 3.05) is 13.2 Å². The van der Waals surface area contributed by atoms with Crippen LogP contribution in [0.25, 0.3) is 0 Å². The lowest BCUT2D eigenvalue weighted by molar-refractivity contribution is 0.0949. The predicted octanol–water partition coefficient (Wildman–Crippen LogP) is 1.23. The lowest BCUT2D eigenvalue weighted by Gasteiger charge is -1.98. The van der Waals surface area contributed by atoms with Crippen molar-refractivity contribution in [1.82, 2.24) is 5.32 Å². The number of nitrogens with one attached hydrogen (secondary N) is 1. The van der Waals surface area contributed by atoms with Gasteiger partial charge in [0.25, 0.3) is 5.91 Å². The molecule has 0 aliphatic carbocycles. The third kappa shape index (κ3) is 2.58. The van der Waals surface area contributed by atoms with Crippen LogP contribution >= 0.6 is 27.3 Å². The Labute approximate surface area is 82.5 Å². The Balaban J connectivity index is 2.53. The van der Waals surface area contributed by atoms with Gasteiger partial charge in [-0.2, -0.15) is 0 Å². The Morgan fingerprint density at radius 3 is 3.00 bits per heavy atom. The van der Waals surface area contributed by atoms with Crippen LogP contribution in [-0.2, 0) is 0 Å². The molecular weight excluding hydrogens is 242 g/mol. The molecule has 66 valence electrons. The van der Waals surface area contributed by atoms with Crippen molar-refractivity contribution in [2.24, 2.45) is 0 Å². The minimum absolute atomic E-state index is 0.0295. The zero-order chi connectivity index (χ0) is 8.97. The Kier molecular flexibility index (Phi) is 3.71. The fraction of sp³-hybridized carbons (Fsp3) is 0.286. The lowest BCUT2D eigenvalue weighted by Crippen LogP contribution is -2.25. The summed E-state index contributed by atoms with van der Waals surface area (Å²) in [7, 11) is 0. The maximum Gasteiger partial charge on any atom is 0.261 e. The molecule has 0 unspecified atom stereocenters. The Morgan fingerprint density at radius 1 is 1.75 bits per heavy atom. The van der Waals surface area contributed by atoms with E-state index in [1.165, 1.54) is 11.3 Å². The smallest absolute Gasteiger partial charge is 0.261 e. The van der Waals surface area contributed by atoms with Crippen LogP contribution in [0.5, 0.6) is 0 Å². The first-order valence-electron chi connectivity index (χ1n) is 3.37. The van der Waals surface area contributed by atoms with E-state index in [1.807, 2.05) is 5.38 Å². The molecule has 1 heterocycles. The first-order valence-corrected chi connectivity index (χ1v) is 5.04. The number of aliphatic hydroxyl groups excluding tert-OH is 1. The Bertz CT molecular complexity index is 274. The summed E-state index contributed by atoms with van der Waals surface area (Å²) in [4.78, 5) is 11.8. The maximum atomic E-state index is 11.2. The Morgan fingerprint density at radius 2 is 2.50 bits per heavy atom. The highest BCUT2D eigenvalue weighted by Gasteiger charge is 2.06. The summed E-state index contributed by atoms with van der Waals surface area (Å²) < 4.78 is 0.904. The zero-order valence-corrected chi connectivity index (χ0v) is 8.61. The molecule has 3 nitrogen and oxygen atoms in total. The SMILES string of the molecule is O=C(NCCO)c1cc(Br)cs1. The van der Waals surface area contributed by atoms with Crippen LogP contribution in [0, 0.1) is 0 Å². The average molecular weight is 250 g/mol. The molecular formula is C7H8BrNO2S. The van der Waals surface area contributed by atoms with Gasteiger partial charge in [0.15, 0.2) is 0 Å². The van der Waals surface area contributed by atoms with Gasteiger partial charge in [0.1, 0.15) is 0 Å². The van der Waals surface area contributed by atoms with Gasteiger partial charge in [-0.15, -0.1) is 11.3 Å². The van der Waals surface area contributed by atoms with Crippen molar-refractivity contribution in [3.05, 3.63) is 20.8 Å². The van der Waals surface area contributed by atoms with Crippen molar-refractivity contribution in [3.8, 4) is 0 Å². The minimum atomic E-state index is -0.139. The number of hydrogen-bond acceptors (Lipinski definition) is 3. The first kappa shape index (κ1) is 9.70. The van der Waals surface area contributed by atoms with E-state index in [0.29, 0.717) is 11.4 Å². The molecule has 0 saturated heterocycles. The molecule has 5 heteroatoms. The third-order valence-electron chi connectivity index (χ3n) is 1.19. The highest BCUT2D eigenvalue weighted by molar-refractivity contribution is 9.10. The molecule has 0 fully saturated rings. The van der Waals surface area contributed by atoms with Gasteiger partial charge >= 0.3 is 0 Å². The molecule has 0 aliphatic rings. The molecule has 0 radical (unpaired) electrons. The van der Waals surface area contributed by atoms with Gasteiger partial charge in [-0.1, -0.05) is 0 Å². The molecule has 1 aromatic rings. The summed E-state index contributed by atoms with van der Waals surface area (Å²) in [6, 6.07) is 1.75. The number of amides is 1. The summed E-state index contributed by atoms with van der Waals surface area (Å²) >= 11 is 4.62.